The lowest BCUT2D eigenvalue weighted by Gasteiger charge is -2.50. The second-order valence-corrected chi connectivity index (χ2v) is 10.1. The van der Waals surface area contributed by atoms with Crippen molar-refractivity contribution in [3.63, 3.8) is 0 Å². The van der Waals surface area contributed by atoms with Crippen LogP contribution in [0.4, 0.5) is 20.2 Å². The van der Waals surface area contributed by atoms with Crippen LogP contribution in [0.1, 0.15) is 41.0 Å². The predicted octanol–water partition coefficient (Wildman–Crippen LogP) is 4.90. The SMILES string of the molecule is Cc1ccc(NC(=O)c2ccnc(C(C)(F)F)c2)cc1-c1ccc2c(c1)N1CCOC[C@@H]1[C@](C)(N)C2. The summed E-state index contributed by atoms with van der Waals surface area (Å²) in [6, 6.07) is 14.7. The molecule has 1 amide bonds. The van der Waals surface area contributed by atoms with Crippen LogP contribution in [0, 0.1) is 6.92 Å². The van der Waals surface area contributed by atoms with E-state index in [0.717, 1.165) is 42.6 Å². The fourth-order valence-corrected chi connectivity index (χ4v) is 5.14. The summed E-state index contributed by atoms with van der Waals surface area (Å²) in [6.45, 7) is 6.92. The van der Waals surface area contributed by atoms with Gasteiger partial charge in [-0.15, -0.1) is 0 Å². The quantitative estimate of drug-likeness (QED) is 0.542. The number of aromatic nitrogens is 1. The van der Waals surface area contributed by atoms with Gasteiger partial charge in [0, 0.05) is 42.1 Å². The first kappa shape index (κ1) is 24.3. The standard InChI is InChI=1S/C28H30F2N4O2/c1-17-4-7-21(33-26(35)19-8-9-32-24(13-19)28(3,29)30)14-22(17)18-5-6-20-15-27(2,31)25-16-36-11-10-34(25)23(20)12-18/h4-9,12-14,25H,10-11,15-16,31H2,1-3H3,(H,33,35)/t25-,27-/m1/s1. The van der Waals surface area contributed by atoms with Gasteiger partial charge in [0.05, 0.1) is 19.3 Å². The molecule has 3 aromatic rings. The minimum absolute atomic E-state index is 0.112. The summed E-state index contributed by atoms with van der Waals surface area (Å²) in [5, 5.41) is 2.84. The molecule has 2 aliphatic rings. The Kier molecular flexibility index (Phi) is 6.04. The third-order valence-electron chi connectivity index (χ3n) is 7.13. The van der Waals surface area contributed by atoms with E-state index in [1.807, 2.05) is 25.1 Å². The zero-order chi connectivity index (χ0) is 25.7. The highest BCUT2D eigenvalue weighted by Crippen LogP contribution is 2.39. The van der Waals surface area contributed by atoms with Crippen molar-refractivity contribution < 1.29 is 18.3 Å². The number of ether oxygens (including phenoxy) is 1. The Bertz CT molecular complexity index is 1320. The predicted molar refractivity (Wildman–Crippen MR) is 137 cm³/mol. The summed E-state index contributed by atoms with van der Waals surface area (Å²) in [4.78, 5) is 18.9. The first-order valence-electron chi connectivity index (χ1n) is 12.1. The zero-order valence-corrected chi connectivity index (χ0v) is 20.6. The van der Waals surface area contributed by atoms with Gasteiger partial charge in [-0.1, -0.05) is 18.2 Å². The molecule has 2 aromatic carbocycles. The first-order valence-corrected chi connectivity index (χ1v) is 12.1. The molecule has 0 bridgehead atoms. The van der Waals surface area contributed by atoms with Crippen LogP contribution in [0.3, 0.4) is 0 Å². The van der Waals surface area contributed by atoms with Crippen molar-refractivity contribution in [3.8, 4) is 11.1 Å². The van der Waals surface area contributed by atoms with Gasteiger partial charge in [0.2, 0.25) is 0 Å². The van der Waals surface area contributed by atoms with Crippen LogP contribution in [0.15, 0.2) is 54.7 Å². The van der Waals surface area contributed by atoms with Gasteiger partial charge in [-0.25, -0.2) is 0 Å². The van der Waals surface area contributed by atoms with Crippen LogP contribution < -0.4 is 16.0 Å². The maximum absolute atomic E-state index is 13.7. The number of morpholine rings is 1. The van der Waals surface area contributed by atoms with Crippen molar-refractivity contribution >= 4 is 17.3 Å². The lowest BCUT2D eigenvalue weighted by Crippen LogP contribution is -2.65. The number of alkyl halides is 2. The molecule has 0 aliphatic carbocycles. The summed E-state index contributed by atoms with van der Waals surface area (Å²) in [5.74, 6) is -3.60. The van der Waals surface area contributed by atoms with Gasteiger partial charge in [-0.05, 0) is 72.9 Å². The molecule has 0 spiro atoms. The van der Waals surface area contributed by atoms with E-state index < -0.39 is 17.5 Å². The van der Waals surface area contributed by atoms with E-state index in [-0.39, 0.29) is 17.1 Å². The molecule has 36 heavy (non-hydrogen) atoms. The zero-order valence-electron chi connectivity index (χ0n) is 20.6. The number of nitrogens with zero attached hydrogens (tertiary/aromatic N) is 2. The maximum Gasteiger partial charge on any atom is 0.286 e. The molecule has 8 heteroatoms. The van der Waals surface area contributed by atoms with Crippen molar-refractivity contribution in [2.24, 2.45) is 5.73 Å². The average molecular weight is 493 g/mol. The first-order chi connectivity index (χ1) is 17.0. The van der Waals surface area contributed by atoms with Gasteiger partial charge < -0.3 is 20.7 Å². The molecular weight excluding hydrogens is 462 g/mol. The number of carbonyl (C=O) groups is 1. The number of pyridine rings is 1. The average Bonchev–Trinajstić information content (AvgIpc) is 2.84. The van der Waals surface area contributed by atoms with Crippen molar-refractivity contribution in [1.82, 2.24) is 4.98 Å². The number of hydrogen-bond donors (Lipinski definition) is 2. The van der Waals surface area contributed by atoms with Crippen LogP contribution >= 0.6 is 0 Å². The van der Waals surface area contributed by atoms with E-state index in [1.165, 1.54) is 23.5 Å². The van der Waals surface area contributed by atoms with Crippen LogP contribution in [-0.2, 0) is 17.1 Å². The second-order valence-electron chi connectivity index (χ2n) is 10.1. The van der Waals surface area contributed by atoms with E-state index in [9.17, 15) is 13.6 Å². The highest BCUT2D eigenvalue weighted by Gasteiger charge is 2.42. The normalized spacial score (nSPS) is 21.5. The minimum atomic E-state index is -3.12. The fourth-order valence-electron chi connectivity index (χ4n) is 5.14. The van der Waals surface area contributed by atoms with Gasteiger partial charge in [-0.2, -0.15) is 8.78 Å². The van der Waals surface area contributed by atoms with Crippen LogP contribution in [0.25, 0.3) is 11.1 Å². The molecule has 0 saturated carbocycles. The lowest BCUT2D eigenvalue weighted by atomic mass is 9.80. The van der Waals surface area contributed by atoms with Crippen molar-refractivity contribution in [2.75, 3.05) is 30.0 Å². The maximum atomic E-state index is 13.7. The number of aryl methyl sites for hydroxylation is 1. The number of hydrogen-bond acceptors (Lipinski definition) is 5. The summed E-state index contributed by atoms with van der Waals surface area (Å²) in [5.41, 5.74) is 12.0. The molecule has 1 saturated heterocycles. The molecule has 2 atom stereocenters. The Morgan fingerprint density at radius 3 is 2.81 bits per heavy atom. The molecular formula is C28H30F2N4O2. The topological polar surface area (TPSA) is 80.5 Å². The van der Waals surface area contributed by atoms with E-state index >= 15 is 0 Å². The van der Waals surface area contributed by atoms with Crippen molar-refractivity contribution in [1.29, 1.82) is 0 Å². The Hall–Kier alpha value is -3.36. The summed E-state index contributed by atoms with van der Waals surface area (Å²) in [6.07, 6.45) is 1.99. The molecule has 1 aromatic heterocycles. The number of fused-ring (bicyclic) bond motifs is 3. The number of carbonyl (C=O) groups excluding carboxylic acids is 1. The Balaban J connectivity index is 1.44. The van der Waals surface area contributed by atoms with Crippen molar-refractivity contribution in [3.05, 3.63) is 77.1 Å². The molecule has 3 heterocycles. The monoisotopic (exact) mass is 492 g/mol. The number of benzene rings is 2. The van der Waals surface area contributed by atoms with Gasteiger partial charge in [0.25, 0.3) is 11.8 Å². The van der Waals surface area contributed by atoms with E-state index in [2.05, 4.69) is 40.3 Å². The highest BCUT2D eigenvalue weighted by molar-refractivity contribution is 6.04. The molecule has 1 fully saturated rings. The van der Waals surface area contributed by atoms with Gasteiger partial charge in [0.15, 0.2) is 0 Å². The molecule has 5 rings (SSSR count). The fraction of sp³-hybridized carbons (Fsp3) is 0.357. The number of anilines is 2. The summed E-state index contributed by atoms with van der Waals surface area (Å²) >= 11 is 0. The van der Waals surface area contributed by atoms with Crippen LogP contribution in [-0.4, -0.2) is 42.2 Å². The molecule has 0 radical (unpaired) electrons. The Morgan fingerprint density at radius 1 is 1.22 bits per heavy atom. The Morgan fingerprint density at radius 2 is 2.03 bits per heavy atom. The third-order valence-corrected chi connectivity index (χ3v) is 7.13. The second kappa shape index (κ2) is 8.94. The molecule has 2 aliphatic heterocycles. The minimum Gasteiger partial charge on any atom is -0.377 e. The summed E-state index contributed by atoms with van der Waals surface area (Å²) in [7, 11) is 0. The van der Waals surface area contributed by atoms with Gasteiger partial charge in [0.1, 0.15) is 5.69 Å². The molecule has 188 valence electrons. The Labute approximate surface area is 209 Å². The number of amides is 1. The van der Waals surface area contributed by atoms with E-state index in [0.29, 0.717) is 18.9 Å². The number of halogens is 2. The highest BCUT2D eigenvalue weighted by atomic mass is 19.3. The molecule has 3 N–H and O–H groups in total. The lowest BCUT2D eigenvalue weighted by molar-refractivity contribution is 0.0127. The number of rotatable bonds is 4. The number of nitrogens with two attached hydrogens (primary N) is 1. The smallest absolute Gasteiger partial charge is 0.286 e. The number of nitrogens with one attached hydrogen (secondary N) is 1. The van der Waals surface area contributed by atoms with Gasteiger partial charge in [-0.3, -0.25) is 9.78 Å². The van der Waals surface area contributed by atoms with E-state index in [4.69, 9.17) is 10.5 Å². The molecule has 0 unspecified atom stereocenters. The van der Waals surface area contributed by atoms with Gasteiger partial charge >= 0.3 is 0 Å². The summed E-state index contributed by atoms with van der Waals surface area (Å²) < 4.78 is 33.1. The van der Waals surface area contributed by atoms with Crippen molar-refractivity contribution in [2.45, 2.75) is 44.7 Å². The van der Waals surface area contributed by atoms with Crippen LogP contribution in [0.2, 0.25) is 0 Å². The van der Waals surface area contributed by atoms with E-state index in [1.54, 1.807) is 0 Å². The largest absolute Gasteiger partial charge is 0.377 e. The third kappa shape index (κ3) is 4.58. The van der Waals surface area contributed by atoms with Crippen LogP contribution in [0.5, 0.6) is 0 Å². The molecule has 6 nitrogen and oxygen atoms in total.